The molecule has 0 amide bonds. The van der Waals surface area contributed by atoms with E-state index in [1.165, 1.54) is 16.5 Å². The van der Waals surface area contributed by atoms with Crippen LogP contribution in [0.15, 0.2) is 24.3 Å². The molecule has 0 unspecified atom stereocenters. The van der Waals surface area contributed by atoms with Crippen LogP contribution in [0.3, 0.4) is 0 Å². The lowest BCUT2D eigenvalue weighted by Crippen LogP contribution is -1.92. The Morgan fingerprint density at radius 3 is 2.29 bits per heavy atom. The van der Waals surface area contributed by atoms with Gasteiger partial charge in [-0.3, -0.25) is 4.98 Å². The molecule has 1 aromatic carbocycles. The van der Waals surface area contributed by atoms with E-state index in [-0.39, 0.29) is 12.4 Å². The number of hydrogen-bond acceptors (Lipinski definition) is 1. The largest absolute Gasteiger partial charge is 0.253 e. The molecular formula is C12H14ClN. The average Bonchev–Trinajstić information content (AvgIpc) is 2.15. The van der Waals surface area contributed by atoms with Gasteiger partial charge in [-0.15, -0.1) is 12.4 Å². The summed E-state index contributed by atoms with van der Waals surface area (Å²) in [6, 6.07) is 8.29. The summed E-state index contributed by atoms with van der Waals surface area (Å²) in [6.07, 6.45) is 0. The van der Waals surface area contributed by atoms with E-state index in [9.17, 15) is 0 Å². The number of benzene rings is 1. The average molecular weight is 208 g/mol. The zero-order valence-electron chi connectivity index (χ0n) is 8.66. The van der Waals surface area contributed by atoms with Crippen molar-refractivity contribution in [2.45, 2.75) is 20.8 Å². The number of para-hydroxylation sites is 1. The maximum atomic E-state index is 4.54. The molecule has 1 aromatic heterocycles. The Hall–Kier alpha value is -1.08. The van der Waals surface area contributed by atoms with Gasteiger partial charge in [-0.05, 0) is 38.0 Å². The van der Waals surface area contributed by atoms with Crippen LogP contribution >= 0.6 is 12.4 Å². The van der Waals surface area contributed by atoms with Crippen molar-refractivity contribution in [3.05, 3.63) is 41.1 Å². The number of nitrogens with zero attached hydrogens (tertiary/aromatic N) is 1. The number of aryl methyl sites for hydroxylation is 2. The van der Waals surface area contributed by atoms with E-state index in [0.29, 0.717) is 0 Å². The van der Waals surface area contributed by atoms with Crippen molar-refractivity contribution >= 4 is 23.3 Å². The highest BCUT2D eigenvalue weighted by Crippen LogP contribution is 2.20. The van der Waals surface area contributed by atoms with Crippen LogP contribution in [0.1, 0.15) is 16.8 Å². The minimum atomic E-state index is 0. The van der Waals surface area contributed by atoms with Crippen LogP contribution < -0.4 is 0 Å². The van der Waals surface area contributed by atoms with Gasteiger partial charge in [0.1, 0.15) is 0 Å². The van der Waals surface area contributed by atoms with Crippen LogP contribution in [0.25, 0.3) is 10.9 Å². The number of fused-ring (bicyclic) bond motifs is 1. The van der Waals surface area contributed by atoms with Crippen molar-refractivity contribution < 1.29 is 0 Å². The fourth-order valence-electron chi connectivity index (χ4n) is 1.63. The van der Waals surface area contributed by atoms with Gasteiger partial charge in [-0.2, -0.15) is 0 Å². The first-order chi connectivity index (χ1) is 6.20. The Morgan fingerprint density at radius 2 is 1.57 bits per heavy atom. The number of halogens is 1. The smallest absolute Gasteiger partial charge is 0.0708 e. The normalized spacial score (nSPS) is 9.93. The molecule has 0 aliphatic heterocycles. The minimum Gasteiger partial charge on any atom is -0.253 e. The molecule has 0 saturated heterocycles. The summed E-state index contributed by atoms with van der Waals surface area (Å²) in [5.74, 6) is 0. The van der Waals surface area contributed by atoms with Crippen molar-refractivity contribution in [2.24, 2.45) is 0 Å². The summed E-state index contributed by atoms with van der Waals surface area (Å²) in [7, 11) is 0. The van der Waals surface area contributed by atoms with Crippen molar-refractivity contribution in [3.63, 3.8) is 0 Å². The first-order valence-corrected chi connectivity index (χ1v) is 4.52. The van der Waals surface area contributed by atoms with Gasteiger partial charge in [0.05, 0.1) is 5.52 Å². The molecule has 2 rings (SSSR count). The topological polar surface area (TPSA) is 12.9 Å². The Kier molecular flexibility index (Phi) is 3.12. The molecule has 14 heavy (non-hydrogen) atoms. The molecule has 0 fully saturated rings. The summed E-state index contributed by atoms with van der Waals surface area (Å²) in [5.41, 5.74) is 4.89. The lowest BCUT2D eigenvalue weighted by molar-refractivity contribution is 1.17. The summed E-state index contributed by atoms with van der Waals surface area (Å²) >= 11 is 0. The van der Waals surface area contributed by atoms with Gasteiger partial charge in [0.2, 0.25) is 0 Å². The van der Waals surface area contributed by atoms with Gasteiger partial charge in [0, 0.05) is 11.1 Å². The van der Waals surface area contributed by atoms with Crippen LogP contribution in [0.4, 0.5) is 0 Å². The predicted molar refractivity (Wildman–Crippen MR) is 63.2 cm³/mol. The van der Waals surface area contributed by atoms with Crippen LogP contribution in [-0.4, -0.2) is 4.98 Å². The lowest BCUT2D eigenvalue weighted by Gasteiger charge is -2.07. The third-order valence-electron chi connectivity index (χ3n) is 2.70. The van der Waals surface area contributed by atoms with Crippen molar-refractivity contribution in [3.8, 4) is 0 Å². The summed E-state index contributed by atoms with van der Waals surface area (Å²) in [6.45, 7) is 6.35. The summed E-state index contributed by atoms with van der Waals surface area (Å²) in [4.78, 5) is 4.54. The van der Waals surface area contributed by atoms with E-state index in [2.05, 4.69) is 44.0 Å². The molecule has 2 heteroatoms. The molecule has 0 aliphatic carbocycles. The minimum absolute atomic E-state index is 0. The molecule has 2 aromatic rings. The Labute approximate surface area is 90.6 Å². The van der Waals surface area contributed by atoms with Gasteiger partial charge in [-0.1, -0.05) is 18.2 Å². The molecule has 1 nitrogen and oxygen atoms in total. The van der Waals surface area contributed by atoms with Crippen molar-refractivity contribution in [1.82, 2.24) is 4.98 Å². The monoisotopic (exact) mass is 207 g/mol. The fourth-order valence-corrected chi connectivity index (χ4v) is 1.63. The third kappa shape index (κ3) is 1.60. The third-order valence-corrected chi connectivity index (χ3v) is 2.70. The van der Waals surface area contributed by atoms with E-state index in [4.69, 9.17) is 0 Å². The van der Waals surface area contributed by atoms with Crippen LogP contribution in [0, 0.1) is 20.8 Å². The standard InChI is InChI=1S/C12H13N.ClH/c1-8-9(2)11-6-4-5-7-12(11)13-10(8)3;/h4-7H,1-3H3;1H. The van der Waals surface area contributed by atoms with Crippen LogP contribution in [0.2, 0.25) is 0 Å². The Balaban J connectivity index is 0.000000980. The number of rotatable bonds is 0. The fraction of sp³-hybridized carbons (Fsp3) is 0.250. The second-order valence-electron chi connectivity index (χ2n) is 3.46. The number of hydrogen-bond donors (Lipinski definition) is 0. The highest BCUT2D eigenvalue weighted by Gasteiger charge is 2.03. The van der Waals surface area contributed by atoms with Gasteiger partial charge in [0.15, 0.2) is 0 Å². The molecule has 0 aliphatic rings. The molecule has 0 spiro atoms. The zero-order chi connectivity index (χ0) is 9.42. The maximum Gasteiger partial charge on any atom is 0.0708 e. The van der Waals surface area contributed by atoms with E-state index < -0.39 is 0 Å². The van der Waals surface area contributed by atoms with Gasteiger partial charge < -0.3 is 0 Å². The highest BCUT2D eigenvalue weighted by molar-refractivity contribution is 5.85. The summed E-state index contributed by atoms with van der Waals surface area (Å²) in [5, 5.41) is 1.27. The quantitative estimate of drug-likeness (QED) is 0.644. The SMILES string of the molecule is Cc1nc2ccccc2c(C)c1C.Cl. The van der Waals surface area contributed by atoms with Crippen LogP contribution in [0.5, 0.6) is 0 Å². The molecule has 0 bridgehead atoms. The lowest BCUT2D eigenvalue weighted by atomic mass is 10.0. The van der Waals surface area contributed by atoms with Crippen molar-refractivity contribution in [1.29, 1.82) is 0 Å². The van der Waals surface area contributed by atoms with Gasteiger partial charge in [0.25, 0.3) is 0 Å². The van der Waals surface area contributed by atoms with Gasteiger partial charge >= 0.3 is 0 Å². The molecular weight excluding hydrogens is 194 g/mol. The van der Waals surface area contributed by atoms with E-state index in [0.717, 1.165) is 11.2 Å². The maximum absolute atomic E-state index is 4.54. The molecule has 0 N–H and O–H groups in total. The van der Waals surface area contributed by atoms with E-state index in [1.807, 2.05) is 6.07 Å². The molecule has 0 radical (unpaired) electrons. The molecule has 0 atom stereocenters. The number of pyridine rings is 1. The Bertz CT molecular complexity index is 463. The Morgan fingerprint density at radius 1 is 0.929 bits per heavy atom. The van der Waals surface area contributed by atoms with Crippen LogP contribution in [-0.2, 0) is 0 Å². The highest BCUT2D eigenvalue weighted by atomic mass is 35.5. The van der Waals surface area contributed by atoms with Gasteiger partial charge in [-0.25, -0.2) is 0 Å². The van der Waals surface area contributed by atoms with Crippen molar-refractivity contribution in [2.75, 3.05) is 0 Å². The summed E-state index contributed by atoms with van der Waals surface area (Å²) < 4.78 is 0. The second kappa shape index (κ2) is 3.97. The predicted octanol–water partition coefficient (Wildman–Crippen LogP) is 3.58. The second-order valence-corrected chi connectivity index (χ2v) is 3.46. The molecule has 0 saturated carbocycles. The van der Waals surface area contributed by atoms with E-state index >= 15 is 0 Å². The molecule has 1 heterocycles. The molecule has 74 valence electrons. The van der Waals surface area contributed by atoms with E-state index in [1.54, 1.807) is 0 Å². The first kappa shape index (κ1) is 11.0. The number of aromatic nitrogens is 1. The first-order valence-electron chi connectivity index (χ1n) is 4.52. The zero-order valence-corrected chi connectivity index (χ0v) is 9.48.